The number of anilines is 1. The minimum absolute atomic E-state index is 0.135. The number of hydrogen-bond acceptors (Lipinski definition) is 5. The molecule has 0 saturated carbocycles. The van der Waals surface area contributed by atoms with Crippen molar-refractivity contribution in [2.45, 2.75) is 19.5 Å². The Morgan fingerprint density at radius 2 is 1.84 bits per heavy atom. The molecule has 104 valence electrons. The molecule has 0 bridgehead atoms. The Kier molecular flexibility index (Phi) is 4.34. The summed E-state index contributed by atoms with van der Waals surface area (Å²) in [5.41, 5.74) is 7.19. The van der Waals surface area contributed by atoms with E-state index in [1.807, 2.05) is 12.1 Å². The Labute approximate surface area is 112 Å². The molecule has 1 unspecified atom stereocenters. The first-order valence-electron chi connectivity index (χ1n) is 6.61. The number of rotatable bonds is 4. The van der Waals surface area contributed by atoms with Crippen molar-refractivity contribution in [3.05, 3.63) is 34.4 Å². The Hall–Kier alpha value is -1.66. The van der Waals surface area contributed by atoms with Gasteiger partial charge in [-0.2, -0.15) is 0 Å². The molecule has 1 aliphatic rings. The second kappa shape index (κ2) is 5.99. The van der Waals surface area contributed by atoms with E-state index in [4.69, 9.17) is 5.73 Å². The number of nitro benzene ring substituents is 1. The highest BCUT2D eigenvalue weighted by Crippen LogP contribution is 2.20. The van der Waals surface area contributed by atoms with Crippen LogP contribution in [0.3, 0.4) is 0 Å². The van der Waals surface area contributed by atoms with E-state index in [1.54, 1.807) is 12.1 Å². The first-order valence-corrected chi connectivity index (χ1v) is 6.61. The first-order chi connectivity index (χ1) is 9.11. The molecule has 0 spiro atoms. The van der Waals surface area contributed by atoms with Crippen molar-refractivity contribution in [1.82, 2.24) is 4.90 Å². The highest BCUT2D eigenvalue weighted by atomic mass is 16.6. The number of nitro groups is 1. The lowest BCUT2D eigenvalue weighted by Crippen LogP contribution is -2.53. The molecule has 1 aromatic rings. The fourth-order valence-corrected chi connectivity index (χ4v) is 2.36. The van der Waals surface area contributed by atoms with Crippen LogP contribution < -0.4 is 10.6 Å². The minimum Gasteiger partial charge on any atom is -0.369 e. The summed E-state index contributed by atoms with van der Waals surface area (Å²) in [5.74, 6) is 0. The molecule has 2 N–H and O–H groups in total. The zero-order chi connectivity index (χ0) is 13.8. The van der Waals surface area contributed by atoms with Gasteiger partial charge in [-0.1, -0.05) is 6.92 Å². The highest BCUT2D eigenvalue weighted by Gasteiger charge is 2.20. The molecule has 6 heteroatoms. The van der Waals surface area contributed by atoms with Gasteiger partial charge in [-0.15, -0.1) is 0 Å². The third-order valence-corrected chi connectivity index (χ3v) is 3.63. The summed E-state index contributed by atoms with van der Waals surface area (Å²) in [6.07, 6.45) is 1.09. The van der Waals surface area contributed by atoms with Crippen molar-refractivity contribution in [3.63, 3.8) is 0 Å². The van der Waals surface area contributed by atoms with Gasteiger partial charge in [0.05, 0.1) is 11.1 Å². The molecular weight excluding hydrogens is 244 g/mol. The summed E-state index contributed by atoms with van der Waals surface area (Å²) < 4.78 is 0. The van der Waals surface area contributed by atoms with Crippen LogP contribution in [0.5, 0.6) is 0 Å². The van der Waals surface area contributed by atoms with Crippen LogP contribution in [0.4, 0.5) is 11.4 Å². The molecule has 1 saturated heterocycles. The van der Waals surface area contributed by atoms with Crippen LogP contribution in [0.1, 0.15) is 13.3 Å². The Morgan fingerprint density at radius 3 is 2.32 bits per heavy atom. The number of piperazine rings is 1. The fourth-order valence-electron chi connectivity index (χ4n) is 2.36. The Bertz CT molecular complexity index is 427. The maximum absolute atomic E-state index is 10.6. The second-order valence-electron chi connectivity index (χ2n) is 4.77. The Balaban J connectivity index is 1.96. The molecule has 0 aliphatic carbocycles. The average molecular weight is 264 g/mol. The number of hydrogen-bond donors (Lipinski definition) is 1. The van der Waals surface area contributed by atoms with E-state index in [1.165, 1.54) is 0 Å². The van der Waals surface area contributed by atoms with Crippen molar-refractivity contribution in [1.29, 1.82) is 0 Å². The molecular formula is C13H20N4O2. The monoisotopic (exact) mass is 264 g/mol. The molecule has 19 heavy (non-hydrogen) atoms. The van der Waals surface area contributed by atoms with Gasteiger partial charge >= 0.3 is 0 Å². The van der Waals surface area contributed by atoms with Crippen molar-refractivity contribution in [3.8, 4) is 0 Å². The van der Waals surface area contributed by atoms with Crippen LogP contribution in [-0.4, -0.2) is 42.2 Å². The highest BCUT2D eigenvalue weighted by molar-refractivity contribution is 5.51. The number of benzene rings is 1. The van der Waals surface area contributed by atoms with E-state index < -0.39 is 0 Å². The van der Waals surface area contributed by atoms with Gasteiger partial charge in [0.1, 0.15) is 0 Å². The molecule has 0 aromatic heterocycles. The summed E-state index contributed by atoms with van der Waals surface area (Å²) in [4.78, 5) is 14.8. The van der Waals surface area contributed by atoms with E-state index in [-0.39, 0.29) is 16.8 Å². The maximum Gasteiger partial charge on any atom is 0.269 e. The van der Waals surface area contributed by atoms with Crippen molar-refractivity contribution >= 4 is 11.4 Å². The summed E-state index contributed by atoms with van der Waals surface area (Å²) in [6, 6.07) is 6.74. The van der Waals surface area contributed by atoms with Crippen LogP contribution in [-0.2, 0) is 0 Å². The average Bonchev–Trinajstić information content (AvgIpc) is 2.46. The second-order valence-corrected chi connectivity index (χ2v) is 4.77. The quantitative estimate of drug-likeness (QED) is 0.657. The lowest BCUT2D eigenvalue weighted by molar-refractivity contribution is -0.384. The van der Waals surface area contributed by atoms with E-state index in [2.05, 4.69) is 16.7 Å². The maximum atomic E-state index is 10.6. The summed E-state index contributed by atoms with van der Waals surface area (Å²) >= 11 is 0. The predicted octanol–water partition coefficient (Wildman–Crippen LogP) is 1.41. The Morgan fingerprint density at radius 1 is 1.26 bits per heavy atom. The lowest BCUT2D eigenvalue weighted by atomic mass is 10.2. The molecule has 1 aromatic carbocycles. The largest absolute Gasteiger partial charge is 0.369 e. The zero-order valence-electron chi connectivity index (χ0n) is 11.2. The molecule has 1 heterocycles. The molecule has 1 fully saturated rings. The molecule has 1 atom stereocenters. The van der Waals surface area contributed by atoms with Gasteiger partial charge < -0.3 is 10.6 Å². The number of non-ortho nitro benzene ring substituents is 1. The summed E-state index contributed by atoms with van der Waals surface area (Å²) in [6.45, 7) is 5.78. The summed E-state index contributed by atoms with van der Waals surface area (Å²) in [7, 11) is 0. The van der Waals surface area contributed by atoms with Gasteiger partial charge in [0.25, 0.3) is 5.69 Å². The van der Waals surface area contributed by atoms with Gasteiger partial charge in [0.2, 0.25) is 0 Å². The van der Waals surface area contributed by atoms with Gasteiger partial charge in [-0.25, -0.2) is 0 Å². The first kappa shape index (κ1) is 13.8. The lowest BCUT2D eigenvalue weighted by Gasteiger charge is -2.38. The molecule has 2 rings (SSSR count). The van der Waals surface area contributed by atoms with Crippen molar-refractivity contribution < 1.29 is 4.92 Å². The van der Waals surface area contributed by atoms with Crippen LogP contribution in [0.15, 0.2) is 24.3 Å². The summed E-state index contributed by atoms with van der Waals surface area (Å²) in [5, 5.41) is 10.6. The molecule has 6 nitrogen and oxygen atoms in total. The smallest absolute Gasteiger partial charge is 0.269 e. The molecule has 0 amide bonds. The van der Waals surface area contributed by atoms with E-state index in [0.29, 0.717) is 0 Å². The zero-order valence-corrected chi connectivity index (χ0v) is 11.2. The van der Waals surface area contributed by atoms with Gasteiger partial charge in [-0.3, -0.25) is 15.0 Å². The van der Waals surface area contributed by atoms with Gasteiger partial charge in [-0.05, 0) is 18.6 Å². The van der Waals surface area contributed by atoms with Crippen LogP contribution >= 0.6 is 0 Å². The van der Waals surface area contributed by atoms with Crippen LogP contribution in [0.25, 0.3) is 0 Å². The van der Waals surface area contributed by atoms with E-state index in [0.717, 1.165) is 38.3 Å². The van der Waals surface area contributed by atoms with Crippen LogP contribution in [0.2, 0.25) is 0 Å². The standard InChI is InChI=1S/C13H20N4O2/c1-2-13(14)16-9-7-15(8-10-16)11-3-5-12(6-4-11)17(18)19/h3-6,13H,2,7-10,14H2,1H3. The van der Waals surface area contributed by atoms with E-state index in [9.17, 15) is 10.1 Å². The number of nitrogens with two attached hydrogens (primary N) is 1. The predicted molar refractivity (Wildman–Crippen MR) is 75.1 cm³/mol. The normalized spacial score (nSPS) is 18.3. The van der Waals surface area contributed by atoms with Gasteiger partial charge in [0.15, 0.2) is 0 Å². The van der Waals surface area contributed by atoms with Crippen LogP contribution in [0, 0.1) is 10.1 Å². The third kappa shape index (κ3) is 3.21. The SMILES string of the molecule is CCC(N)N1CCN(c2ccc([N+](=O)[O-])cc2)CC1. The minimum atomic E-state index is -0.373. The topological polar surface area (TPSA) is 75.6 Å². The number of nitrogens with zero attached hydrogens (tertiary/aromatic N) is 3. The van der Waals surface area contributed by atoms with E-state index >= 15 is 0 Å². The van der Waals surface area contributed by atoms with Crippen molar-refractivity contribution in [2.75, 3.05) is 31.1 Å². The van der Waals surface area contributed by atoms with Gasteiger partial charge in [0, 0.05) is 44.0 Å². The fraction of sp³-hybridized carbons (Fsp3) is 0.538. The molecule has 0 radical (unpaired) electrons. The molecule has 1 aliphatic heterocycles. The third-order valence-electron chi connectivity index (χ3n) is 3.63. The van der Waals surface area contributed by atoms with Crippen molar-refractivity contribution in [2.24, 2.45) is 5.73 Å².